The molecule has 1 N–H and O–H groups in total. The fourth-order valence-electron chi connectivity index (χ4n) is 2.15. The Bertz CT molecular complexity index is 490. The van der Waals surface area contributed by atoms with Crippen LogP contribution < -0.4 is 5.32 Å². The summed E-state index contributed by atoms with van der Waals surface area (Å²) in [6.45, 7) is 3.10. The molecule has 0 aliphatic carbocycles. The van der Waals surface area contributed by atoms with Crippen molar-refractivity contribution < 1.29 is 0 Å². The van der Waals surface area contributed by atoms with Gasteiger partial charge in [-0.25, -0.2) is 0 Å². The molecule has 0 bridgehead atoms. The van der Waals surface area contributed by atoms with Gasteiger partial charge in [0.25, 0.3) is 0 Å². The van der Waals surface area contributed by atoms with Crippen LogP contribution >= 0.6 is 11.6 Å². The third-order valence-electron chi connectivity index (χ3n) is 3.07. The van der Waals surface area contributed by atoms with Crippen molar-refractivity contribution >= 4 is 11.6 Å². The molecule has 0 saturated heterocycles. The first-order valence-corrected chi connectivity index (χ1v) is 6.89. The second-order valence-electron chi connectivity index (χ2n) is 4.57. The Morgan fingerprint density at radius 1 is 1.42 bits per heavy atom. The minimum Gasteiger partial charge on any atom is -0.308 e. The van der Waals surface area contributed by atoms with Gasteiger partial charge in [0.15, 0.2) is 0 Å². The van der Waals surface area contributed by atoms with Gasteiger partial charge >= 0.3 is 0 Å². The van der Waals surface area contributed by atoms with Gasteiger partial charge in [0, 0.05) is 19.4 Å². The van der Waals surface area contributed by atoms with Crippen molar-refractivity contribution in [3.63, 3.8) is 0 Å². The first-order chi connectivity index (χ1) is 9.22. The number of hydrogen-bond acceptors (Lipinski definition) is 3. The summed E-state index contributed by atoms with van der Waals surface area (Å²) in [6, 6.07) is 4.19. The van der Waals surface area contributed by atoms with Crippen LogP contribution in [0.5, 0.6) is 0 Å². The first-order valence-electron chi connectivity index (χ1n) is 6.52. The van der Waals surface area contributed by atoms with Gasteiger partial charge in [-0.15, -0.1) is 0 Å². The molecule has 1 unspecified atom stereocenters. The van der Waals surface area contributed by atoms with Crippen LogP contribution in [0.15, 0.2) is 30.7 Å². The van der Waals surface area contributed by atoms with E-state index in [2.05, 4.69) is 28.4 Å². The Balaban J connectivity index is 2.21. The average molecular weight is 279 g/mol. The molecule has 0 aromatic carbocycles. The molecule has 0 spiro atoms. The second-order valence-corrected chi connectivity index (χ2v) is 4.98. The molecular formula is C14H19ClN4. The number of aryl methyl sites for hydroxylation is 1. The Labute approximate surface area is 118 Å². The maximum atomic E-state index is 6.25. The van der Waals surface area contributed by atoms with Crippen molar-refractivity contribution in [2.45, 2.75) is 25.8 Å². The van der Waals surface area contributed by atoms with Crippen LogP contribution in [-0.2, 0) is 13.5 Å². The molecule has 0 aliphatic rings. The summed E-state index contributed by atoms with van der Waals surface area (Å²) < 4.78 is 1.84. The van der Waals surface area contributed by atoms with Gasteiger partial charge in [-0.05, 0) is 31.0 Å². The second kappa shape index (κ2) is 6.68. The van der Waals surface area contributed by atoms with E-state index in [0.29, 0.717) is 5.02 Å². The lowest BCUT2D eigenvalue weighted by atomic mass is 10.0. The third kappa shape index (κ3) is 3.55. The Kier molecular flexibility index (Phi) is 4.93. The number of nitrogens with one attached hydrogen (secondary N) is 1. The third-order valence-corrected chi connectivity index (χ3v) is 3.36. The molecular weight excluding hydrogens is 260 g/mol. The lowest BCUT2D eigenvalue weighted by Gasteiger charge is -2.19. The van der Waals surface area contributed by atoms with Crippen LogP contribution in [-0.4, -0.2) is 21.3 Å². The van der Waals surface area contributed by atoms with Crippen molar-refractivity contribution in [2.24, 2.45) is 7.05 Å². The topological polar surface area (TPSA) is 42.7 Å². The summed E-state index contributed by atoms with van der Waals surface area (Å²) in [5, 5.41) is 8.45. The lowest BCUT2D eigenvalue weighted by molar-refractivity contribution is 0.493. The van der Waals surface area contributed by atoms with E-state index in [9.17, 15) is 0 Å². The number of aromatic nitrogens is 3. The van der Waals surface area contributed by atoms with Crippen molar-refractivity contribution in [2.75, 3.05) is 6.54 Å². The number of hydrogen-bond donors (Lipinski definition) is 1. The Morgan fingerprint density at radius 3 is 2.84 bits per heavy atom. The summed E-state index contributed by atoms with van der Waals surface area (Å²) in [4.78, 5) is 4.16. The van der Waals surface area contributed by atoms with Crippen molar-refractivity contribution in [3.05, 3.63) is 47.0 Å². The zero-order valence-corrected chi connectivity index (χ0v) is 12.1. The van der Waals surface area contributed by atoms with Crippen molar-refractivity contribution in [1.29, 1.82) is 0 Å². The van der Waals surface area contributed by atoms with Crippen LogP contribution in [0.4, 0.5) is 0 Å². The SMILES string of the molecule is CCCNC(Cc1cccnc1)c1c(Cl)cnn1C. The van der Waals surface area contributed by atoms with E-state index in [1.807, 2.05) is 24.0 Å². The highest BCUT2D eigenvalue weighted by atomic mass is 35.5. The summed E-state index contributed by atoms with van der Waals surface area (Å²) in [5.74, 6) is 0. The summed E-state index contributed by atoms with van der Waals surface area (Å²) in [7, 11) is 1.92. The predicted molar refractivity (Wildman–Crippen MR) is 77.2 cm³/mol. The molecule has 0 saturated carbocycles. The molecule has 2 aromatic heterocycles. The fourth-order valence-corrected chi connectivity index (χ4v) is 2.45. The standard InChI is InChI=1S/C14H19ClN4/c1-3-6-17-13(8-11-5-4-7-16-9-11)14-12(15)10-18-19(14)2/h4-5,7,9-10,13,17H,3,6,8H2,1-2H3. The van der Waals surface area contributed by atoms with Crippen LogP contribution in [0, 0.1) is 0 Å². The van der Waals surface area contributed by atoms with E-state index in [0.717, 1.165) is 25.1 Å². The predicted octanol–water partition coefficient (Wildman–Crippen LogP) is 2.75. The van der Waals surface area contributed by atoms with E-state index in [1.165, 1.54) is 5.56 Å². The lowest BCUT2D eigenvalue weighted by Crippen LogP contribution is -2.26. The highest BCUT2D eigenvalue weighted by Gasteiger charge is 2.19. The van der Waals surface area contributed by atoms with E-state index < -0.39 is 0 Å². The first kappa shape index (κ1) is 14.0. The minimum atomic E-state index is 0.157. The van der Waals surface area contributed by atoms with Crippen molar-refractivity contribution in [1.82, 2.24) is 20.1 Å². The highest BCUT2D eigenvalue weighted by molar-refractivity contribution is 6.31. The maximum Gasteiger partial charge on any atom is 0.0834 e. The molecule has 102 valence electrons. The van der Waals surface area contributed by atoms with Gasteiger partial charge in [-0.2, -0.15) is 5.10 Å². The average Bonchev–Trinajstić information content (AvgIpc) is 2.75. The summed E-state index contributed by atoms with van der Waals surface area (Å²) in [6.07, 6.45) is 7.31. The van der Waals surface area contributed by atoms with Gasteiger partial charge < -0.3 is 5.32 Å². The molecule has 2 aromatic rings. The summed E-state index contributed by atoms with van der Waals surface area (Å²) in [5.41, 5.74) is 2.22. The van der Waals surface area contributed by atoms with Gasteiger partial charge in [-0.3, -0.25) is 9.67 Å². The van der Waals surface area contributed by atoms with E-state index in [1.54, 1.807) is 12.4 Å². The largest absolute Gasteiger partial charge is 0.308 e. The molecule has 0 amide bonds. The van der Waals surface area contributed by atoms with Crippen LogP contribution in [0.3, 0.4) is 0 Å². The van der Waals surface area contributed by atoms with E-state index >= 15 is 0 Å². The zero-order chi connectivity index (χ0) is 13.7. The molecule has 0 aliphatic heterocycles. The Hall–Kier alpha value is -1.39. The smallest absolute Gasteiger partial charge is 0.0834 e. The molecule has 4 nitrogen and oxygen atoms in total. The molecule has 1 atom stereocenters. The highest BCUT2D eigenvalue weighted by Crippen LogP contribution is 2.25. The molecule has 0 radical (unpaired) electrons. The Morgan fingerprint density at radius 2 is 2.26 bits per heavy atom. The zero-order valence-electron chi connectivity index (χ0n) is 11.3. The van der Waals surface area contributed by atoms with Crippen molar-refractivity contribution in [3.8, 4) is 0 Å². The van der Waals surface area contributed by atoms with E-state index in [-0.39, 0.29) is 6.04 Å². The maximum absolute atomic E-state index is 6.25. The molecule has 2 rings (SSSR count). The number of rotatable bonds is 6. The van der Waals surface area contributed by atoms with Crippen LogP contribution in [0.1, 0.15) is 30.6 Å². The normalized spacial score (nSPS) is 12.6. The quantitative estimate of drug-likeness (QED) is 0.883. The van der Waals surface area contributed by atoms with Gasteiger partial charge in [0.05, 0.1) is 23.0 Å². The number of nitrogens with zero attached hydrogens (tertiary/aromatic N) is 3. The van der Waals surface area contributed by atoms with E-state index in [4.69, 9.17) is 11.6 Å². The fraction of sp³-hybridized carbons (Fsp3) is 0.429. The number of pyridine rings is 1. The summed E-state index contributed by atoms with van der Waals surface area (Å²) >= 11 is 6.25. The van der Waals surface area contributed by atoms with Gasteiger partial charge in [-0.1, -0.05) is 24.6 Å². The van der Waals surface area contributed by atoms with Crippen LogP contribution in [0.2, 0.25) is 5.02 Å². The molecule has 19 heavy (non-hydrogen) atoms. The minimum absolute atomic E-state index is 0.157. The number of halogens is 1. The van der Waals surface area contributed by atoms with Gasteiger partial charge in [0.1, 0.15) is 0 Å². The molecule has 0 fully saturated rings. The monoisotopic (exact) mass is 278 g/mol. The van der Waals surface area contributed by atoms with Crippen LogP contribution in [0.25, 0.3) is 0 Å². The molecule has 2 heterocycles. The molecule has 5 heteroatoms. The van der Waals surface area contributed by atoms with Gasteiger partial charge in [0.2, 0.25) is 0 Å².